The van der Waals surface area contributed by atoms with Crippen LogP contribution in [0.4, 0.5) is 0 Å². The van der Waals surface area contributed by atoms with Gasteiger partial charge >= 0.3 is 5.97 Å². The fraction of sp³-hybridized carbons (Fsp3) is 0.375. The van der Waals surface area contributed by atoms with Crippen LogP contribution in [0.15, 0.2) is 42.7 Å². The molecule has 3 rings (SSSR count). The molecule has 0 bridgehead atoms. The van der Waals surface area contributed by atoms with E-state index < -0.39 is 12.1 Å². The third kappa shape index (κ3) is 5.89. The van der Waals surface area contributed by atoms with E-state index in [-0.39, 0.29) is 6.10 Å². The predicted octanol–water partition coefficient (Wildman–Crippen LogP) is 5.25. The van der Waals surface area contributed by atoms with Gasteiger partial charge in [-0.05, 0) is 62.1 Å². The number of thiophene rings is 1. The molecule has 0 saturated heterocycles. The summed E-state index contributed by atoms with van der Waals surface area (Å²) in [5.41, 5.74) is 3.16. The molecule has 2 aromatic heterocycles. The van der Waals surface area contributed by atoms with E-state index in [1.54, 1.807) is 18.3 Å². The summed E-state index contributed by atoms with van der Waals surface area (Å²) >= 11 is 1.64. The summed E-state index contributed by atoms with van der Waals surface area (Å²) in [4.78, 5) is 22.4. The molecule has 0 amide bonds. The minimum atomic E-state index is -0.951. The molecule has 0 radical (unpaired) electrons. The standard InChI is InChI=1S/C24H28N2O4S/c1-5-17-13-25-23(26-14-17)21-11-15(3)22(31-21)16(4)30-19-9-7-18(8-10-19)12-20(24(27)28)29-6-2/h7-11,13-14,16,20H,5-6,12H2,1-4H3,(H,27,28). The van der Waals surface area contributed by atoms with Crippen LogP contribution in [0, 0.1) is 6.92 Å². The van der Waals surface area contributed by atoms with Crippen molar-refractivity contribution in [2.24, 2.45) is 0 Å². The molecule has 0 aliphatic rings. The highest BCUT2D eigenvalue weighted by molar-refractivity contribution is 7.15. The zero-order chi connectivity index (χ0) is 22.4. The second-order valence-corrected chi connectivity index (χ2v) is 8.40. The number of carbonyl (C=O) groups is 1. The monoisotopic (exact) mass is 440 g/mol. The van der Waals surface area contributed by atoms with Crippen molar-refractivity contribution in [1.82, 2.24) is 9.97 Å². The zero-order valence-corrected chi connectivity index (χ0v) is 19.1. The molecule has 0 fully saturated rings. The molecule has 31 heavy (non-hydrogen) atoms. The Morgan fingerprint density at radius 2 is 1.81 bits per heavy atom. The van der Waals surface area contributed by atoms with Gasteiger partial charge in [0.2, 0.25) is 0 Å². The highest BCUT2D eigenvalue weighted by Crippen LogP contribution is 2.35. The average Bonchev–Trinajstić information content (AvgIpc) is 3.16. The van der Waals surface area contributed by atoms with E-state index in [0.29, 0.717) is 13.0 Å². The van der Waals surface area contributed by atoms with Gasteiger partial charge in [0, 0.05) is 30.3 Å². The molecule has 0 saturated carbocycles. The summed E-state index contributed by atoms with van der Waals surface area (Å²) in [6, 6.07) is 9.60. The number of rotatable bonds is 10. The zero-order valence-electron chi connectivity index (χ0n) is 18.3. The summed E-state index contributed by atoms with van der Waals surface area (Å²) in [6.45, 7) is 8.33. The van der Waals surface area contributed by atoms with E-state index in [1.165, 1.54) is 0 Å². The molecule has 0 aliphatic carbocycles. The molecule has 1 aromatic carbocycles. The highest BCUT2D eigenvalue weighted by Gasteiger charge is 2.19. The Morgan fingerprint density at radius 3 is 2.39 bits per heavy atom. The molecule has 1 N–H and O–H groups in total. The molecular weight excluding hydrogens is 412 g/mol. The van der Waals surface area contributed by atoms with Gasteiger partial charge in [-0.2, -0.15) is 0 Å². The first-order valence-corrected chi connectivity index (χ1v) is 11.2. The maximum Gasteiger partial charge on any atom is 0.333 e. The van der Waals surface area contributed by atoms with Gasteiger partial charge in [-0.15, -0.1) is 11.3 Å². The van der Waals surface area contributed by atoms with Crippen LogP contribution in [0.5, 0.6) is 5.75 Å². The number of benzene rings is 1. The van der Waals surface area contributed by atoms with Crippen LogP contribution in [-0.4, -0.2) is 33.8 Å². The molecule has 2 unspecified atom stereocenters. The number of aliphatic carboxylic acids is 1. The van der Waals surface area contributed by atoms with Crippen LogP contribution in [0.3, 0.4) is 0 Å². The summed E-state index contributed by atoms with van der Waals surface area (Å²) in [7, 11) is 0. The number of nitrogens with zero attached hydrogens (tertiary/aromatic N) is 2. The average molecular weight is 441 g/mol. The smallest absolute Gasteiger partial charge is 0.333 e. The Labute approximate surface area is 186 Å². The Hall–Kier alpha value is -2.77. The first-order chi connectivity index (χ1) is 14.9. The van der Waals surface area contributed by atoms with Gasteiger partial charge in [0.15, 0.2) is 11.9 Å². The molecule has 7 heteroatoms. The molecule has 6 nitrogen and oxygen atoms in total. The molecule has 2 atom stereocenters. The maximum absolute atomic E-state index is 11.3. The Morgan fingerprint density at radius 1 is 1.13 bits per heavy atom. The normalized spacial score (nSPS) is 13.0. The first-order valence-electron chi connectivity index (χ1n) is 10.4. The lowest BCUT2D eigenvalue weighted by Crippen LogP contribution is -2.26. The van der Waals surface area contributed by atoms with Gasteiger partial charge < -0.3 is 14.6 Å². The first kappa shape index (κ1) is 22.9. The molecule has 2 heterocycles. The minimum absolute atomic E-state index is 0.130. The SMILES string of the molecule is CCOC(Cc1ccc(OC(C)c2sc(-c3ncc(CC)cn3)cc2C)cc1)C(=O)O. The van der Waals surface area contributed by atoms with Gasteiger partial charge in [-0.25, -0.2) is 14.8 Å². The molecule has 3 aromatic rings. The van der Waals surface area contributed by atoms with E-state index >= 15 is 0 Å². The molecule has 164 valence electrons. The Bertz CT molecular complexity index is 999. The summed E-state index contributed by atoms with van der Waals surface area (Å²) in [5, 5.41) is 9.24. The number of carboxylic acid groups (broad SMARTS) is 1. The summed E-state index contributed by atoms with van der Waals surface area (Å²) in [5.74, 6) is 0.515. The number of hydrogen-bond acceptors (Lipinski definition) is 6. The second kappa shape index (κ2) is 10.5. The van der Waals surface area contributed by atoms with Crippen molar-refractivity contribution in [1.29, 1.82) is 0 Å². The third-order valence-corrected chi connectivity index (χ3v) is 6.35. The van der Waals surface area contributed by atoms with Gasteiger partial charge in [0.1, 0.15) is 11.9 Å². The molecule has 0 aliphatic heterocycles. The van der Waals surface area contributed by atoms with E-state index in [4.69, 9.17) is 9.47 Å². The van der Waals surface area contributed by atoms with Gasteiger partial charge in [0.05, 0.1) is 4.88 Å². The predicted molar refractivity (Wildman–Crippen MR) is 122 cm³/mol. The molecular formula is C24H28N2O4S. The van der Waals surface area contributed by atoms with Crippen LogP contribution in [0.1, 0.15) is 48.4 Å². The quantitative estimate of drug-likeness (QED) is 0.464. The maximum atomic E-state index is 11.3. The third-order valence-electron chi connectivity index (χ3n) is 4.96. The fourth-order valence-corrected chi connectivity index (χ4v) is 4.37. The summed E-state index contributed by atoms with van der Waals surface area (Å²) in [6.07, 6.45) is 4.02. The number of carboxylic acids is 1. The van der Waals surface area contributed by atoms with Crippen molar-refractivity contribution >= 4 is 17.3 Å². The molecule has 0 spiro atoms. The van der Waals surface area contributed by atoms with E-state index in [9.17, 15) is 9.90 Å². The number of aryl methyl sites for hydroxylation is 2. The van der Waals surface area contributed by atoms with E-state index in [1.807, 2.05) is 43.6 Å². The topological polar surface area (TPSA) is 81.5 Å². The van der Waals surface area contributed by atoms with Crippen LogP contribution >= 0.6 is 11.3 Å². The summed E-state index contributed by atoms with van der Waals surface area (Å²) < 4.78 is 11.4. The minimum Gasteiger partial charge on any atom is -0.485 e. The second-order valence-electron chi connectivity index (χ2n) is 7.32. The van der Waals surface area contributed by atoms with Crippen molar-refractivity contribution in [2.75, 3.05) is 6.61 Å². The van der Waals surface area contributed by atoms with Gasteiger partial charge in [0.25, 0.3) is 0 Å². The lowest BCUT2D eigenvalue weighted by atomic mass is 10.1. The lowest BCUT2D eigenvalue weighted by Gasteiger charge is -2.16. The Kier molecular flexibility index (Phi) is 7.76. The highest BCUT2D eigenvalue weighted by atomic mass is 32.1. The van der Waals surface area contributed by atoms with Crippen molar-refractivity contribution in [3.8, 4) is 16.5 Å². The largest absolute Gasteiger partial charge is 0.485 e. The fourth-order valence-electron chi connectivity index (χ4n) is 3.27. The van der Waals surface area contributed by atoms with Crippen LogP contribution in [0.2, 0.25) is 0 Å². The number of ether oxygens (including phenoxy) is 2. The van der Waals surface area contributed by atoms with Crippen molar-refractivity contribution in [3.05, 3.63) is 64.3 Å². The number of hydrogen-bond donors (Lipinski definition) is 1. The van der Waals surface area contributed by atoms with E-state index in [2.05, 4.69) is 29.9 Å². The van der Waals surface area contributed by atoms with Crippen LogP contribution in [-0.2, 0) is 22.4 Å². The van der Waals surface area contributed by atoms with Crippen LogP contribution in [0.25, 0.3) is 10.7 Å². The number of aromatic nitrogens is 2. The van der Waals surface area contributed by atoms with Gasteiger partial charge in [-0.3, -0.25) is 0 Å². The van der Waals surface area contributed by atoms with Crippen LogP contribution < -0.4 is 4.74 Å². The van der Waals surface area contributed by atoms with Crippen molar-refractivity contribution in [2.45, 2.75) is 52.7 Å². The van der Waals surface area contributed by atoms with E-state index in [0.717, 1.165) is 44.4 Å². The Balaban J connectivity index is 1.67. The van der Waals surface area contributed by atoms with Crippen molar-refractivity contribution in [3.63, 3.8) is 0 Å². The van der Waals surface area contributed by atoms with Crippen molar-refractivity contribution < 1.29 is 19.4 Å². The lowest BCUT2D eigenvalue weighted by molar-refractivity contribution is -0.149. The van der Waals surface area contributed by atoms with Gasteiger partial charge in [-0.1, -0.05) is 19.1 Å².